The number of rotatable bonds is 3. The summed E-state index contributed by atoms with van der Waals surface area (Å²) in [7, 11) is 0. The van der Waals surface area contributed by atoms with Crippen molar-refractivity contribution in [1.82, 2.24) is 9.88 Å². The van der Waals surface area contributed by atoms with Gasteiger partial charge in [-0.05, 0) is 26.8 Å². The highest BCUT2D eigenvalue weighted by Crippen LogP contribution is 2.21. The smallest absolute Gasteiger partial charge is 0.411 e. The number of nitrogens with zero attached hydrogens (tertiary/aromatic N) is 4. The topological polar surface area (TPSA) is 126 Å². The number of hydrogen-bond donors (Lipinski definition) is 1. The molecule has 10 nitrogen and oxygen atoms in total. The van der Waals surface area contributed by atoms with Crippen molar-refractivity contribution in [3.8, 4) is 0 Å². The highest BCUT2D eigenvalue weighted by molar-refractivity contribution is 5.81. The van der Waals surface area contributed by atoms with Gasteiger partial charge in [0.15, 0.2) is 0 Å². The van der Waals surface area contributed by atoms with E-state index in [-0.39, 0.29) is 18.8 Å². The van der Waals surface area contributed by atoms with Crippen molar-refractivity contribution < 1.29 is 24.4 Å². The standard InChI is InChI=1S/C15H20N4O6/c1-15(2,3)25-14(22)18-7-6-17(9-11(18)13(20)21)12-5-4-10(8-16-12)19(23)24/h4-5,8,11H,6-7,9H2,1-3H3,(H,20,21). The molecule has 1 aliphatic heterocycles. The van der Waals surface area contributed by atoms with Crippen LogP contribution in [0.15, 0.2) is 18.3 Å². The maximum Gasteiger partial charge on any atom is 0.411 e. The van der Waals surface area contributed by atoms with Gasteiger partial charge in [-0.1, -0.05) is 0 Å². The molecule has 1 atom stereocenters. The summed E-state index contributed by atoms with van der Waals surface area (Å²) >= 11 is 0. The Hall–Kier alpha value is -2.91. The number of ether oxygens (including phenoxy) is 1. The van der Waals surface area contributed by atoms with Crippen LogP contribution in [-0.4, -0.2) is 63.3 Å². The lowest BCUT2D eigenvalue weighted by Crippen LogP contribution is -2.59. The minimum absolute atomic E-state index is 0.0133. The summed E-state index contributed by atoms with van der Waals surface area (Å²) in [6.07, 6.45) is 0.432. The Morgan fingerprint density at radius 3 is 2.52 bits per heavy atom. The van der Waals surface area contributed by atoms with Crippen LogP contribution in [0.2, 0.25) is 0 Å². The van der Waals surface area contributed by atoms with E-state index in [2.05, 4.69) is 4.98 Å². The molecule has 10 heteroatoms. The van der Waals surface area contributed by atoms with Crippen LogP contribution in [0.1, 0.15) is 20.8 Å². The summed E-state index contributed by atoms with van der Waals surface area (Å²) in [5.74, 6) is -0.738. The molecular formula is C15H20N4O6. The zero-order valence-corrected chi connectivity index (χ0v) is 14.2. The van der Waals surface area contributed by atoms with Gasteiger partial charge in [0.25, 0.3) is 5.69 Å². The van der Waals surface area contributed by atoms with Gasteiger partial charge in [0, 0.05) is 19.2 Å². The fraction of sp³-hybridized carbons (Fsp3) is 0.533. The molecule has 136 valence electrons. The van der Waals surface area contributed by atoms with Gasteiger partial charge < -0.3 is 14.7 Å². The van der Waals surface area contributed by atoms with Gasteiger partial charge in [0.1, 0.15) is 23.7 Å². The number of amides is 1. The first kappa shape index (κ1) is 18.4. The number of carboxylic acid groups (broad SMARTS) is 1. The van der Waals surface area contributed by atoms with E-state index < -0.39 is 28.6 Å². The van der Waals surface area contributed by atoms with Crippen LogP contribution in [0, 0.1) is 10.1 Å². The van der Waals surface area contributed by atoms with Crippen molar-refractivity contribution in [2.75, 3.05) is 24.5 Å². The van der Waals surface area contributed by atoms with Crippen LogP contribution in [-0.2, 0) is 9.53 Å². The normalized spacial score (nSPS) is 18.0. The maximum absolute atomic E-state index is 12.2. The molecule has 2 rings (SSSR count). The molecule has 25 heavy (non-hydrogen) atoms. The molecule has 1 N–H and O–H groups in total. The number of nitro groups is 1. The summed E-state index contributed by atoms with van der Waals surface area (Å²) in [5.41, 5.74) is -0.872. The lowest BCUT2D eigenvalue weighted by atomic mass is 10.1. The van der Waals surface area contributed by atoms with Crippen molar-refractivity contribution in [3.63, 3.8) is 0 Å². The van der Waals surface area contributed by atoms with E-state index in [0.29, 0.717) is 12.4 Å². The Bertz CT molecular complexity index is 670. The van der Waals surface area contributed by atoms with Gasteiger partial charge in [-0.25, -0.2) is 14.6 Å². The third-order valence-electron chi connectivity index (χ3n) is 3.56. The molecule has 0 radical (unpaired) electrons. The molecule has 1 aromatic rings. The van der Waals surface area contributed by atoms with E-state index in [4.69, 9.17) is 4.74 Å². The monoisotopic (exact) mass is 352 g/mol. The van der Waals surface area contributed by atoms with Crippen LogP contribution in [0.4, 0.5) is 16.3 Å². The van der Waals surface area contributed by atoms with E-state index in [1.165, 1.54) is 17.0 Å². The zero-order valence-electron chi connectivity index (χ0n) is 14.2. The van der Waals surface area contributed by atoms with E-state index in [0.717, 1.165) is 6.20 Å². The number of hydrogen-bond acceptors (Lipinski definition) is 7. The lowest BCUT2D eigenvalue weighted by molar-refractivity contribution is -0.385. The van der Waals surface area contributed by atoms with Gasteiger partial charge >= 0.3 is 12.1 Å². The number of carbonyl (C=O) groups excluding carboxylic acids is 1. The van der Waals surface area contributed by atoms with Gasteiger partial charge in [-0.15, -0.1) is 0 Å². The third kappa shape index (κ3) is 4.55. The second kappa shape index (κ2) is 6.91. The van der Waals surface area contributed by atoms with Gasteiger partial charge in [-0.3, -0.25) is 15.0 Å². The van der Waals surface area contributed by atoms with Crippen molar-refractivity contribution in [2.45, 2.75) is 32.4 Å². The SMILES string of the molecule is CC(C)(C)OC(=O)N1CCN(c2ccc([N+](=O)[O-])cn2)CC1C(=O)O. The van der Waals surface area contributed by atoms with E-state index in [9.17, 15) is 24.8 Å². The fourth-order valence-corrected chi connectivity index (χ4v) is 2.41. The third-order valence-corrected chi connectivity index (χ3v) is 3.56. The van der Waals surface area contributed by atoms with E-state index >= 15 is 0 Å². The molecule has 0 bridgehead atoms. The fourth-order valence-electron chi connectivity index (χ4n) is 2.41. The average molecular weight is 352 g/mol. The molecule has 0 spiro atoms. The number of piperazine rings is 1. The van der Waals surface area contributed by atoms with Crippen LogP contribution in [0.5, 0.6) is 0 Å². The Morgan fingerprint density at radius 2 is 2.04 bits per heavy atom. The van der Waals surface area contributed by atoms with Crippen LogP contribution in [0.3, 0.4) is 0 Å². The summed E-state index contributed by atoms with van der Waals surface area (Å²) in [4.78, 5) is 40.8. The second-order valence-corrected chi connectivity index (χ2v) is 6.61. The summed E-state index contributed by atoms with van der Waals surface area (Å²) < 4.78 is 5.26. The molecule has 1 saturated heterocycles. The first-order chi connectivity index (χ1) is 11.6. The van der Waals surface area contributed by atoms with Crippen molar-refractivity contribution in [3.05, 3.63) is 28.4 Å². The summed E-state index contributed by atoms with van der Waals surface area (Å²) in [6, 6.07) is 1.67. The predicted octanol–water partition coefficient (Wildman–Crippen LogP) is 1.50. The Labute approximate surface area is 144 Å². The maximum atomic E-state index is 12.2. The number of aromatic nitrogens is 1. The molecule has 0 aromatic carbocycles. The summed E-state index contributed by atoms with van der Waals surface area (Å²) in [6.45, 7) is 5.62. The largest absolute Gasteiger partial charge is 0.480 e. The quantitative estimate of drug-likeness (QED) is 0.640. The van der Waals surface area contributed by atoms with Gasteiger partial charge in [-0.2, -0.15) is 0 Å². The van der Waals surface area contributed by atoms with Crippen molar-refractivity contribution in [2.24, 2.45) is 0 Å². The molecule has 1 aliphatic rings. The molecule has 2 heterocycles. The number of carboxylic acids is 1. The highest BCUT2D eigenvalue weighted by Gasteiger charge is 2.38. The van der Waals surface area contributed by atoms with Gasteiger partial charge in [0.05, 0.1) is 11.5 Å². The minimum Gasteiger partial charge on any atom is -0.480 e. The van der Waals surface area contributed by atoms with Gasteiger partial charge in [0.2, 0.25) is 0 Å². The molecule has 1 aromatic heterocycles. The van der Waals surface area contributed by atoms with E-state index in [1.807, 2.05) is 0 Å². The number of aliphatic carboxylic acids is 1. The number of anilines is 1. The van der Waals surface area contributed by atoms with Crippen molar-refractivity contribution >= 4 is 23.6 Å². The molecular weight excluding hydrogens is 332 g/mol. The lowest BCUT2D eigenvalue weighted by Gasteiger charge is -2.40. The summed E-state index contributed by atoms with van der Waals surface area (Å²) in [5, 5.41) is 20.1. The Balaban J connectivity index is 2.14. The highest BCUT2D eigenvalue weighted by atomic mass is 16.6. The molecule has 1 unspecified atom stereocenters. The van der Waals surface area contributed by atoms with Crippen LogP contribution >= 0.6 is 0 Å². The number of carbonyl (C=O) groups is 2. The first-order valence-electron chi connectivity index (χ1n) is 7.66. The number of pyridine rings is 1. The minimum atomic E-state index is -1.16. The molecule has 0 aliphatic carbocycles. The first-order valence-corrected chi connectivity index (χ1v) is 7.66. The van der Waals surface area contributed by atoms with E-state index in [1.54, 1.807) is 25.7 Å². The Kier molecular flexibility index (Phi) is 5.10. The molecule has 1 fully saturated rings. The molecule has 1 amide bonds. The average Bonchev–Trinajstić information content (AvgIpc) is 2.52. The second-order valence-electron chi connectivity index (χ2n) is 6.61. The van der Waals surface area contributed by atoms with Crippen LogP contribution < -0.4 is 4.90 Å². The van der Waals surface area contributed by atoms with Crippen molar-refractivity contribution in [1.29, 1.82) is 0 Å². The zero-order chi connectivity index (χ0) is 18.8. The molecule has 0 saturated carbocycles. The Morgan fingerprint density at radius 1 is 1.36 bits per heavy atom. The predicted molar refractivity (Wildman–Crippen MR) is 87.5 cm³/mol. The van der Waals surface area contributed by atoms with Crippen LogP contribution in [0.25, 0.3) is 0 Å².